The van der Waals surface area contributed by atoms with Gasteiger partial charge in [-0.15, -0.1) is 0 Å². The summed E-state index contributed by atoms with van der Waals surface area (Å²) >= 11 is 0. The summed E-state index contributed by atoms with van der Waals surface area (Å²) in [6.07, 6.45) is 14.1. The summed E-state index contributed by atoms with van der Waals surface area (Å²) in [6.45, 7) is 4.23. The van der Waals surface area contributed by atoms with Crippen LogP contribution in [0.25, 0.3) is 16.8 Å². The molecule has 0 radical (unpaired) electrons. The van der Waals surface area contributed by atoms with Crippen LogP contribution in [0.5, 0.6) is 0 Å². The Kier molecular flexibility index (Phi) is 2.96. The molecule has 0 saturated carbocycles. The van der Waals surface area contributed by atoms with Crippen LogP contribution in [0, 0.1) is 6.92 Å². The Morgan fingerprint density at radius 2 is 2.05 bits per heavy atom. The third-order valence-corrected chi connectivity index (χ3v) is 4.39. The van der Waals surface area contributed by atoms with E-state index in [0.717, 1.165) is 18.7 Å². The summed E-state index contributed by atoms with van der Waals surface area (Å²) in [5, 5.41) is 0. The maximum Gasteiger partial charge on any atom is 0.109 e. The van der Waals surface area contributed by atoms with Crippen molar-refractivity contribution in [3.05, 3.63) is 66.3 Å². The molecule has 0 aliphatic heterocycles. The number of fused-ring (bicyclic) bond motifs is 1. The summed E-state index contributed by atoms with van der Waals surface area (Å²) in [7, 11) is 0. The molecular formula is C18H18N4. The molecular weight excluding hydrogens is 272 g/mol. The molecule has 3 aromatic heterocycles. The van der Waals surface area contributed by atoms with Gasteiger partial charge in [0.15, 0.2) is 0 Å². The molecule has 1 aliphatic rings. The Balaban J connectivity index is 1.81. The van der Waals surface area contributed by atoms with Crippen LogP contribution >= 0.6 is 0 Å². The molecule has 0 bridgehead atoms. The summed E-state index contributed by atoms with van der Waals surface area (Å²) in [4.78, 5) is 8.59. The zero-order chi connectivity index (χ0) is 15.1. The lowest BCUT2D eigenvalue weighted by Crippen LogP contribution is -2.05. The van der Waals surface area contributed by atoms with E-state index in [1.165, 1.54) is 27.9 Å². The number of hydrogen-bond donors (Lipinski definition) is 0. The van der Waals surface area contributed by atoms with Gasteiger partial charge in [0.1, 0.15) is 5.82 Å². The van der Waals surface area contributed by atoms with E-state index in [0.29, 0.717) is 0 Å². The molecule has 0 saturated heterocycles. The molecule has 0 unspecified atom stereocenters. The van der Waals surface area contributed by atoms with E-state index in [2.05, 4.69) is 44.1 Å². The van der Waals surface area contributed by atoms with Crippen LogP contribution in [0.3, 0.4) is 0 Å². The fourth-order valence-electron chi connectivity index (χ4n) is 3.27. The number of allylic oxidation sites excluding steroid dienone is 4. The molecule has 0 fully saturated rings. The highest BCUT2D eigenvalue weighted by molar-refractivity contribution is 5.82. The molecule has 3 aromatic rings. The Morgan fingerprint density at radius 3 is 2.82 bits per heavy atom. The first-order valence-electron chi connectivity index (χ1n) is 7.56. The Morgan fingerprint density at radius 1 is 1.14 bits per heavy atom. The standard InChI is InChI=1S/C18H18N4/c1-13-10-15(5-6-17(13)22-9-7-20-14(22)2)16-4-3-8-21-12-19-11-18(16)21/h3-4,7-12H,5-6H2,1-2H3. The summed E-state index contributed by atoms with van der Waals surface area (Å²) in [5.74, 6) is 1.05. The minimum absolute atomic E-state index is 1.03. The molecule has 0 aromatic carbocycles. The minimum atomic E-state index is 1.03. The first-order chi connectivity index (χ1) is 10.7. The van der Waals surface area contributed by atoms with Crippen LogP contribution in [0.15, 0.2) is 54.9 Å². The Labute approximate surface area is 129 Å². The van der Waals surface area contributed by atoms with Crippen LogP contribution in [-0.4, -0.2) is 18.9 Å². The second kappa shape index (κ2) is 4.98. The van der Waals surface area contributed by atoms with E-state index in [9.17, 15) is 0 Å². The van der Waals surface area contributed by atoms with E-state index < -0.39 is 0 Å². The first kappa shape index (κ1) is 13.1. The monoisotopic (exact) mass is 290 g/mol. The predicted octanol–water partition coefficient (Wildman–Crippen LogP) is 3.95. The number of aryl methyl sites for hydroxylation is 1. The second-order valence-corrected chi connectivity index (χ2v) is 5.75. The SMILES string of the molecule is CC1=C(n2ccnc2C)CCC(c2cccn3cncc23)=C1. The van der Waals surface area contributed by atoms with Crippen molar-refractivity contribution in [3.63, 3.8) is 0 Å². The van der Waals surface area contributed by atoms with Crippen LogP contribution in [0.4, 0.5) is 0 Å². The molecule has 110 valence electrons. The Hall–Kier alpha value is -2.62. The second-order valence-electron chi connectivity index (χ2n) is 5.75. The summed E-state index contributed by atoms with van der Waals surface area (Å²) < 4.78 is 4.27. The zero-order valence-corrected chi connectivity index (χ0v) is 12.8. The molecule has 1 aliphatic carbocycles. The lowest BCUT2D eigenvalue weighted by Gasteiger charge is -2.20. The molecule has 0 amide bonds. The number of imidazole rings is 2. The molecule has 0 N–H and O–H groups in total. The van der Waals surface area contributed by atoms with Gasteiger partial charge < -0.3 is 8.97 Å². The maximum absolute atomic E-state index is 4.33. The van der Waals surface area contributed by atoms with Crippen LogP contribution in [-0.2, 0) is 0 Å². The van der Waals surface area contributed by atoms with Crippen molar-refractivity contribution in [2.45, 2.75) is 26.7 Å². The fraction of sp³-hybridized carbons (Fsp3) is 0.222. The van der Waals surface area contributed by atoms with Crippen molar-refractivity contribution in [3.8, 4) is 0 Å². The first-order valence-corrected chi connectivity index (χ1v) is 7.56. The van der Waals surface area contributed by atoms with Gasteiger partial charge in [0.2, 0.25) is 0 Å². The number of nitrogens with zero attached hydrogens (tertiary/aromatic N) is 4. The summed E-state index contributed by atoms with van der Waals surface area (Å²) in [5.41, 5.74) is 6.48. The molecule has 4 rings (SSSR count). The van der Waals surface area contributed by atoms with Gasteiger partial charge in [0, 0.05) is 29.9 Å². The highest BCUT2D eigenvalue weighted by Crippen LogP contribution is 2.34. The van der Waals surface area contributed by atoms with Crippen molar-refractivity contribution in [1.82, 2.24) is 18.9 Å². The van der Waals surface area contributed by atoms with Gasteiger partial charge in [0.05, 0.1) is 18.0 Å². The zero-order valence-electron chi connectivity index (χ0n) is 12.8. The van der Waals surface area contributed by atoms with Crippen molar-refractivity contribution in [2.24, 2.45) is 0 Å². The van der Waals surface area contributed by atoms with Gasteiger partial charge in [-0.1, -0.05) is 12.1 Å². The average Bonchev–Trinajstić information content (AvgIpc) is 3.15. The van der Waals surface area contributed by atoms with E-state index in [-0.39, 0.29) is 0 Å². The molecule has 4 heteroatoms. The quantitative estimate of drug-likeness (QED) is 0.716. The topological polar surface area (TPSA) is 35.1 Å². The number of pyridine rings is 1. The molecule has 0 spiro atoms. The molecule has 3 heterocycles. The van der Waals surface area contributed by atoms with Crippen molar-refractivity contribution < 1.29 is 0 Å². The fourth-order valence-corrected chi connectivity index (χ4v) is 3.27. The largest absolute Gasteiger partial charge is 0.308 e. The molecule has 0 atom stereocenters. The van der Waals surface area contributed by atoms with Gasteiger partial charge in [-0.3, -0.25) is 0 Å². The molecule has 22 heavy (non-hydrogen) atoms. The minimum Gasteiger partial charge on any atom is -0.308 e. The van der Waals surface area contributed by atoms with E-state index in [1.54, 1.807) is 0 Å². The Bertz CT molecular complexity index is 908. The van der Waals surface area contributed by atoms with Crippen LogP contribution in [0.1, 0.15) is 31.2 Å². The number of hydrogen-bond acceptors (Lipinski definition) is 2. The third-order valence-electron chi connectivity index (χ3n) is 4.39. The lowest BCUT2D eigenvalue weighted by atomic mass is 9.92. The highest BCUT2D eigenvalue weighted by atomic mass is 15.1. The maximum atomic E-state index is 4.33. The van der Waals surface area contributed by atoms with Gasteiger partial charge in [-0.05, 0) is 43.9 Å². The lowest BCUT2D eigenvalue weighted by molar-refractivity contribution is 0.899. The smallest absolute Gasteiger partial charge is 0.109 e. The normalized spacial score (nSPS) is 15.5. The van der Waals surface area contributed by atoms with Gasteiger partial charge in [-0.2, -0.15) is 0 Å². The van der Waals surface area contributed by atoms with Crippen molar-refractivity contribution >= 4 is 16.8 Å². The van der Waals surface area contributed by atoms with E-state index in [1.807, 2.05) is 38.0 Å². The number of aromatic nitrogens is 4. The predicted molar refractivity (Wildman–Crippen MR) is 88.3 cm³/mol. The highest BCUT2D eigenvalue weighted by Gasteiger charge is 2.16. The average molecular weight is 290 g/mol. The van der Waals surface area contributed by atoms with Crippen LogP contribution in [0.2, 0.25) is 0 Å². The van der Waals surface area contributed by atoms with Gasteiger partial charge in [0.25, 0.3) is 0 Å². The summed E-state index contributed by atoms with van der Waals surface area (Å²) in [6, 6.07) is 4.27. The number of rotatable bonds is 2. The van der Waals surface area contributed by atoms with Crippen molar-refractivity contribution in [2.75, 3.05) is 0 Å². The third kappa shape index (κ3) is 1.99. The van der Waals surface area contributed by atoms with Crippen LogP contribution < -0.4 is 0 Å². The van der Waals surface area contributed by atoms with Crippen molar-refractivity contribution in [1.29, 1.82) is 0 Å². The van der Waals surface area contributed by atoms with E-state index >= 15 is 0 Å². The molecule has 4 nitrogen and oxygen atoms in total. The van der Waals surface area contributed by atoms with Gasteiger partial charge >= 0.3 is 0 Å². The van der Waals surface area contributed by atoms with Gasteiger partial charge in [-0.25, -0.2) is 9.97 Å². The van der Waals surface area contributed by atoms with E-state index in [4.69, 9.17) is 0 Å².